The Morgan fingerprint density at radius 2 is 1.70 bits per heavy atom. The van der Waals surface area contributed by atoms with E-state index in [-0.39, 0.29) is 28.1 Å². The Morgan fingerprint density at radius 1 is 1.07 bits per heavy atom. The smallest absolute Gasteiger partial charge is 0.254 e. The standard InChI is InChI=1S/C22H29ClN2O2/c1-20-8-14-9-21(2,11-20)13-22(10-14,12-20)19(27)24-15-5-6-17(23)16(7-15)18(26)25(3)4/h5-7,14H,8-13H2,1-4H3,(H,24,27). The molecule has 4 aliphatic rings. The van der Waals surface area contributed by atoms with Crippen molar-refractivity contribution in [3.63, 3.8) is 0 Å². The lowest BCUT2D eigenvalue weighted by Gasteiger charge is -2.64. The zero-order valence-corrected chi connectivity index (χ0v) is 17.4. The molecule has 4 aliphatic carbocycles. The van der Waals surface area contributed by atoms with Crippen LogP contribution in [0.15, 0.2) is 18.2 Å². The molecule has 146 valence electrons. The van der Waals surface area contributed by atoms with E-state index >= 15 is 0 Å². The van der Waals surface area contributed by atoms with E-state index in [1.54, 1.807) is 32.3 Å². The minimum Gasteiger partial charge on any atom is -0.345 e. The maximum atomic E-state index is 13.4. The molecule has 4 saturated carbocycles. The van der Waals surface area contributed by atoms with Crippen molar-refractivity contribution in [3.05, 3.63) is 28.8 Å². The molecule has 27 heavy (non-hydrogen) atoms. The van der Waals surface area contributed by atoms with Gasteiger partial charge in [-0.1, -0.05) is 25.4 Å². The summed E-state index contributed by atoms with van der Waals surface area (Å²) in [4.78, 5) is 27.2. The molecule has 5 heteroatoms. The predicted molar refractivity (Wildman–Crippen MR) is 108 cm³/mol. The van der Waals surface area contributed by atoms with Gasteiger partial charge in [0.15, 0.2) is 0 Å². The predicted octanol–water partition coefficient (Wildman–Crippen LogP) is 4.98. The molecule has 5 rings (SSSR count). The summed E-state index contributed by atoms with van der Waals surface area (Å²) in [7, 11) is 3.39. The van der Waals surface area contributed by atoms with E-state index in [1.807, 2.05) is 0 Å². The molecule has 0 aromatic heterocycles. The van der Waals surface area contributed by atoms with E-state index in [1.165, 1.54) is 24.2 Å². The van der Waals surface area contributed by atoms with Crippen LogP contribution in [0.4, 0.5) is 5.69 Å². The molecular formula is C22H29ClN2O2. The normalized spacial score (nSPS) is 36.6. The van der Waals surface area contributed by atoms with Crippen molar-refractivity contribution < 1.29 is 9.59 Å². The molecule has 1 aromatic rings. The molecule has 0 spiro atoms. The number of hydrogen-bond donors (Lipinski definition) is 1. The van der Waals surface area contributed by atoms with E-state index in [9.17, 15) is 9.59 Å². The first-order valence-electron chi connectivity index (χ1n) is 9.86. The fraction of sp³-hybridized carbons (Fsp3) is 0.636. The van der Waals surface area contributed by atoms with Crippen LogP contribution >= 0.6 is 11.6 Å². The van der Waals surface area contributed by atoms with Gasteiger partial charge in [-0.15, -0.1) is 0 Å². The van der Waals surface area contributed by atoms with Crippen molar-refractivity contribution in [3.8, 4) is 0 Å². The van der Waals surface area contributed by atoms with Crippen LogP contribution < -0.4 is 5.32 Å². The number of nitrogens with one attached hydrogen (secondary N) is 1. The van der Waals surface area contributed by atoms with Gasteiger partial charge in [-0.05, 0) is 73.5 Å². The summed E-state index contributed by atoms with van der Waals surface area (Å²) >= 11 is 6.20. The first-order valence-corrected chi connectivity index (χ1v) is 10.2. The Hall–Kier alpha value is -1.55. The first kappa shape index (κ1) is 18.8. The number of carbonyl (C=O) groups is 2. The second-order valence-corrected chi connectivity index (χ2v) is 10.7. The van der Waals surface area contributed by atoms with Crippen molar-refractivity contribution in [1.29, 1.82) is 0 Å². The van der Waals surface area contributed by atoms with Gasteiger partial charge in [-0.3, -0.25) is 9.59 Å². The molecule has 2 unspecified atom stereocenters. The molecule has 2 amide bonds. The lowest BCUT2D eigenvalue weighted by Crippen LogP contribution is -2.58. The minimum atomic E-state index is -0.270. The van der Waals surface area contributed by atoms with Crippen LogP contribution in [0.25, 0.3) is 0 Å². The highest BCUT2D eigenvalue weighted by Crippen LogP contribution is 2.69. The number of rotatable bonds is 3. The van der Waals surface area contributed by atoms with Crippen LogP contribution in [0.5, 0.6) is 0 Å². The maximum Gasteiger partial charge on any atom is 0.254 e. The van der Waals surface area contributed by atoms with Crippen LogP contribution in [0.1, 0.15) is 62.7 Å². The number of nitrogens with zero attached hydrogens (tertiary/aromatic N) is 1. The molecule has 4 fully saturated rings. The van der Waals surface area contributed by atoms with Crippen LogP contribution in [0.3, 0.4) is 0 Å². The van der Waals surface area contributed by atoms with Crippen molar-refractivity contribution in [2.24, 2.45) is 22.2 Å². The third-order valence-corrected chi connectivity index (χ3v) is 7.30. The second-order valence-electron chi connectivity index (χ2n) is 10.3. The molecule has 0 saturated heterocycles. The van der Waals surface area contributed by atoms with E-state index in [2.05, 4.69) is 19.2 Å². The van der Waals surface area contributed by atoms with Crippen LogP contribution in [0, 0.1) is 22.2 Å². The molecule has 0 radical (unpaired) electrons. The monoisotopic (exact) mass is 388 g/mol. The maximum absolute atomic E-state index is 13.4. The summed E-state index contributed by atoms with van der Waals surface area (Å²) in [5, 5.41) is 3.53. The molecule has 4 nitrogen and oxygen atoms in total. The fourth-order valence-corrected chi connectivity index (χ4v) is 7.17. The molecule has 0 heterocycles. The van der Waals surface area contributed by atoms with Gasteiger partial charge < -0.3 is 10.2 Å². The van der Waals surface area contributed by atoms with E-state index < -0.39 is 0 Å². The summed E-state index contributed by atoms with van der Waals surface area (Å²) in [6.07, 6.45) is 6.74. The van der Waals surface area contributed by atoms with Gasteiger partial charge in [0.05, 0.1) is 16.0 Å². The summed E-state index contributed by atoms with van der Waals surface area (Å²) in [5.41, 5.74) is 1.38. The topological polar surface area (TPSA) is 49.4 Å². The highest BCUT2D eigenvalue weighted by atomic mass is 35.5. The number of halogens is 1. The minimum absolute atomic E-state index is 0.120. The van der Waals surface area contributed by atoms with Crippen molar-refractivity contribution in [1.82, 2.24) is 4.90 Å². The van der Waals surface area contributed by atoms with Crippen molar-refractivity contribution in [2.45, 2.75) is 52.4 Å². The average Bonchev–Trinajstić information content (AvgIpc) is 2.52. The van der Waals surface area contributed by atoms with Crippen LogP contribution in [-0.2, 0) is 4.79 Å². The average molecular weight is 389 g/mol. The summed E-state index contributed by atoms with van der Waals surface area (Å²) in [6, 6.07) is 5.18. The van der Waals surface area contributed by atoms with Gasteiger partial charge in [0.1, 0.15) is 0 Å². The summed E-state index contributed by atoms with van der Waals surface area (Å²) in [6.45, 7) is 4.74. The SMILES string of the molecule is CN(C)C(=O)c1cc(NC(=O)C23CC4CC(C)(CC(C)(C4)C2)C3)ccc1Cl. The third kappa shape index (κ3) is 3.16. The van der Waals surface area contributed by atoms with E-state index in [4.69, 9.17) is 11.6 Å². The summed E-state index contributed by atoms with van der Waals surface area (Å²) in [5.74, 6) is 0.624. The highest BCUT2D eigenvalue weighted by molar-refractivity contribution is 6.34. The lowest BCUT2D eigenvalue weighted by atomic mass is 9.40. The van der Waals surface area contributed by atoms with Crippen molar-refractivity contribution in [2.75, 3.05) is 19.4 Å². The Morgan fingerprint density at radius 3 is 2.26 bits per heavy atom. The Balaban J connectivity index is 1.60. The first-order chi connectivity index (χ1) is 12.5. The van der Waals surface area contributed by atoms with Gasteiger partial charge in [-0.25, -0.2) is 0 Å². The highest BCUT2D eigenvalue weighted by Gasteiger charge is 2.62. The van der Waals surface area contributed by atoms with Gasteiger partial charge in [-0.2, -0.15) is 0 Å². The molecule has 1 N–H and O–H groups in total. The molecule has 2 atom stereocenters. The Kier molecular flexibility index (Phi) is 4.16. The number of hydrogen-bond acceptors (Lipinski definition) is 2. The van der Waals surface area contributed by atoms with E-state index in [0.717, 1.165) is 19.3 Å². The number of benzene rings is 1. The van der Waals surface area contributed by atoms with Crippen molar-refractivity contribution >= 4 is 29.1 Å². The number of anilines is 1. The number of carbonyl (C=O) groups excluding carboxylic acids is 2. The summed E-state index contributed by atoms with van der Waals surface area (Å²) < 4.78 is 0. The number of amides is 2. The van der Waals surface area contributed by atoms with Gasteiger partial charge in [0.2, 0.25) is 5.91 Å². The van der Waals surface area contributed by atoms with Gasteiger partial charge >= 0.3 is 0 Å². The molecule has 0 aliphatic heterocycles. The Bertz CT molecular complexity index is 801. The molecule has 4 bridgehead atoms. The van der Waals surface area contributed by atoms with Crippen LogP contribution in [0.2, 0.25) is 5.02 Å². The molecule has 1 aromatic carbocycles. The largest absolute Gasteiger partial charge is 0.345 e. The lowest BCUT2D eigenvalue weighted by molar-refractivity contribution is -0.165. The molecular weight excluding hydrogens is 360 g/mol. The second kappa shape index (κ2) is 5.97. The zero-order valence-electron chi connectivity index (χ0n) is 16.7. The fourth-order valence-electron chi connectivity index (χ4n) is 6.97. The quantitative estimate of drug-likeness (QED) is 0.794. The third-order valence-electron chi connectivity index (χ3n) is 6.97. The van der Waals surface area contributed by atoms with E-state index in [0.29, 0.717) is 22.2 Å². The Labute approximate surface area is 166 Å². The van der Waals surface area contributed by atoms with Crippen LogP contribution in [-0.4, -0.2) is 30.8 Å². The van der Waals surface area contributed by atoms with Gasteiger partial charge in [0, 0.05) is 19.8 Å². The van der Waals surface area contributed by atoms with Gasteiger partial charge in [0.25, 0.3) is 5.91 Å². The zero-order chi connectivity index (χ0) is 19.6.